The Morgan fingerprint density at radius 3 is 2.25 bits per heavy atom. The van der Waals surface area contributed by atoms with Gasteiger partial charge in [0.1, 0.15) is 0 Å². The van der Waals surface area contributed by atoms with Gasteiger partial charge in [-0.15, -0.1) is 0 Å². The minimum absolute atomic E-state index is 1.05. The molecule has 0 saturated carbocycles. The van der Waals surface area contributed by atoms with Gasteiger partial charge in [0.05, 0.1) is 33.7 Å². The van der Waals surface area contributed by atoms with Gasteiger partial charge in [-0.05, 0) is 60.7 Å². The van der Waals surface area contributed by atoms with Gasteiger partial charge in [0.2, 0.25) is 0 Å². The Hall–Kier alpha value is -2.47. The van der Waals surface area contributed by atoms with E-state index in [0.717, 1.165) is 6.42 Å². The van der Waals surface area contributed by atoms with E-state index in [2.05, 4.69) is 66.7 Å². The fraction of sp³-hybridized carbons (Fsp3) is 0.0500. The molecule has 0 atom stereocenters. The molecular weight excluding hydrogens is 240 g/mol. The number of benzene rings is 3. The zero-order valence-electron chi connectivity index (χ0n) is 11.1. The van der Waals surface area contributed by atoms with Crippen LogP contribution in [0, 0.1) is 5.92 Å². The first-order valence-electron chi connectivity index (χ1n) is 7.11. The maximum Gasteiger partial charge on any atom is 0.0714 e. The third kappa shape index (κ3) is 1.14. The van der Waals surface area contributed by atoms with E-state index in [0.29, 0.717) is 0 Å². The highest BCUT2D eigenvalue weighted by atomic mass is 14.4. The van der Waals surface area contributed by atoms with E-state index < -0.39 is 0 Å². The van der Waals surface area contributed by atoms with Crippen LogP contribution in [-0.4, -0.2) is 0 Å². The van der Waals surface area contributed by atoms with Crippen LogP contribution in [0.3, 0.4) is 0 Å². The molecule has 0 aliphatic heterocycles. The van der Waals surface area contributed by atoms with Gasteiger partial charge in [0, 0.05) is 17.5 Å². The first-order valence-corrected chi connectivity index (χ1v) is 7.11. The molecule has 2 aliphatic carbocycles. The molecule has 92 valence electrons. The van der Waals surface area contributed by atoms with E-state index in [1.165, 1.54) is 44.9 Å². The Morgan fingerprint density at radius 2 is 1.30 bits per heavy atom. The smallest absolute Gasteiger partial charge is 0.0508 e. The van der Waals surface area contributed by atoms with Gasteiger partial charge >= 0.3 is 0 Å². The first-order chi connectivity index (χ1) is 9.93. The summed E-state index contributed by atoms with van der Waals surface area (Å²) in [6.07, 6.45) is 1.05. The second-order valence-corrected chi connectivity index (χ2v) is 5.59. The van der Waals surface area contributed by atoms with Crippen LogP contribution < -0.4 is 0 Å². The Morgan fingerprint density at radius 1 is 0.600 bits per heavy atom. The SMILES string of the molecule is c1ccc2c(c1)Cc1cccc3c1[C+]2c1ccccc1-3. The summed E-state index contributed by atoms with van der Waals surface area (Å²) in [5.74, 6) is 1.44. The molecule has 2 aliphatic rings. The Balaban J connectivity index is 1.93. The van der Waals surface area contributed by atoms with Gasteiger partial charge in [-0.1, -0.05) is 6.07 Å². The van der Waals surface area contributed by atoms with Crippen molar-refractivity contribution < 1.29 is 0 Å². The third-order valence-electron chi connectivity index (χ3n) is 4.55. The van der Waals surface area contributed by atoms with Crippen molar-refractivity contribution in [2.75, 3.05) is 0 Å². The average Bonchev–Trinajstić information content (AvgIpc) is 2.85. The molecule has 3 aromatic carbocycles. The van der Waals surface area contributed by atoms with Gasteiger partial charge in [0.15, 0.2) is 0 Å². The zero-order chi connectivity index (χ0) is 13.1. The monoisotopic (exact) mass is 253 g/mol. The van der Waals surface area contributed by atoms with Gasteiger partial charge in [-0.3, -0.25) is 0 Å². The molecule has 3 aromatic rings. The average molecular weight is 253 g/mol. The lowest BCUT2D eigenvalue weighted by Gasteiger charge is -2.20. The second-order valence-electron chi connectivity index (χ2n) is 5.59. The van der Waals surface area contributed by atoms with Crippen LogP contribution in [0.2, 0.25) is 0 Å². The van der Waals surface area contributed by atoms with Gasteiger partial charge in [-0.2, -0.15) is 0 Å². The largest absolute Gasteiger partial charge is 0.0714 e. The van der Waals surface area contributed by atoms with Crippen molar-refractivity contribution in [2.45, 2.75) is 6.42 Å². The van der Waals surface area contributed by atoms with Crippen molar-refractivity contribution in [2.24, 2.45) is 0 Å². The summed E-state index contributed by atoms with van der Waals surface area (Å²) in [6.45, 7) is 0. The quantitative estimate of drug-likeness (QED) is 0.354. The lowest BCUT2D eigenvalue weighted by atomic mass is 9.77. The van der Waals surface area contributed by atoms with E-state index in [-0.39, 0.29) is 0 Å². The van der Waals surface area contributed by atoms with E-state index >= 15 is 0 Å². The molecule has 20 heavy (non-hydrogen) atoms. The molecule has 0 saturated heterocycles. The molecule has 0 heterocycles. The Kier molecular flexibility index (Phi) is 1.83. The number of hydrogen-bond acceptors (Lipinski definition) is 0. The zero-order valence-corrected chi connectivity index (χ0v) is 11.1. The molecule has 0 nitrogen and oxygen atoms in total. The number of hydrogen-bond donors (Lipinski definition) is 0. The van der Waals surface area contributed by atoms with Crippen molar-refractivity contribution in [3.63, 3.8) is 0 Å². The van der Waals surface area contributed by atoms with Crippen LogP contribution in [0.1, 0.15) is 27.8 Å². The van der Waals surface area contributed by atoms with Crippen LogP contribution in [-0.2, 0) is 6.42 Å². The van der Waals surface area contributed by atoms with E-state index in [9.17, 15) is 0 Å². The van der Waals surface area contributed by atoms with Gasteiger partial charge < -0.3 is 0 Å². The molecule has 0 bridgehead atoms. The summed E-state index contributed by atoms with van der Waals surface area (Å²) in [6, 6.07) is 24.4. The minimum atomic E-state index is 1.05. The van der Waals surface area contributed by atoms with E-state index in [1.54, 1.807) is 0 Å². The molecule has 0 N–H and O–H groups in total. The standard InChI is InChI=1S/C20H13/c1-2-8-15-13(6-1)12-14-7-5-11-17-16-9-3-4-10-18(16)20(15)19(14)17/h1-11H,12H2/q+1. The molecule has 0 spiro atoms. The topological polar surface area (TPSA) is 0 Å². The summed E-state index contributed by atoms with van der Waals surface area (Å²) in [4.78, 5) is 0. The summed E-state index contributed by atoms with van der Waals surface area (Å²) < 4.78 is 0. The maximum absolute atomic E-state index is 2.28. The molecular formula is C20H13+. The number of rotatable bonds is 0. The molecule has 0 radical (unpaired) electrons. The second kappa shape index (κ2) is 3.55. The first kappa shape index (κ1) is 10.3. The molecule has 0 unspecified atom stereocenters. The Bertz CT molecular complexity index is 842. The summed E-state index contributed by atoms with van der Waals surface area (Å²) in [5, 5.41) is 0. The highest BCUT2D eigenvalue weighted by Gasteiger charge is 2.41. The van der Waals surface area contributed by atoms with Crippen molar-refractivity contribution in [1.82, 2.24) is 0 Å². The fourth-order valence-corrected chi connectivity index (χ4v) is 3.74. The van der Waals surface area contributed by atoms with Crippen LogP contribution in [0.15, 0.2) is 66.7 Å². The van der Waals surface area contributed by atoms with E-state index in [1.807, 2.05) is 0 Å². The van der Waals surface area contributed by atoms with Crippen molar-refractivity contribution in [3.8, 4) is 11.1 Å². The molecule has 0 amide bonds. The van der Waals surface area contributed by atoms with Crippen LogP contribution in [0.25, 0.3) is 11.1 Å². The predicted molar refractivity (Wildman–Crippen MR) is 81.7 cm³/mol. The minimum Gasteiger partial charge on any atom is -0.0508 e. The highest BCUT2D eigenvalue weighted by Crippen LogP contribution is 2.51. The summed E-state index contributed by atoms with van der Waals surface area (Å²) in [7, 11) is 0. The van der Waals surface area contributed by atoms with Gasteiger partial charge in [-0.25, -0.2) is 0 Å². The van der Waals surface area contributed by atoms with Crippen LogP contribution in [0.4, 0.5) is 0 Å². The normalized spacial score (nSPS) is 13.7. The molecule has 5 rings (SSSR count). The van der Waals surface area contributed by atoms with E-state index in [4.69, 9.17) is 0 Å². The Labute approximate surface area is 118 Å². The van der Waals surface area contributed by atoms with Crippen molar-refractivity contribution >= 4 is 0 Å². The van der Waals surface area contributed by atoms with Crippen LogP contribution >= 0.6 is 0 Å². The van der Waals surface area contributed by atoms with Crippen LogP contribution in [0.5, 0.6) is 0 Å². The van der Waals surface area contributed by atoms with Crippen molar-refractivity contribution in [1.29, 1.82) is 0 Å². The number of fused-ring (bicyclic) bond motifs is 5. The summed E-state index contributed by atoms with van der Waals surface area (Å²) >= 11 is 0. The lowest BCUT2D eigenvalue weighted by Crippen LogP contribution is -2.12. The summed E-state index contributed by atoms with van der Waals surface area (Å²) in [5.41, 5.74) is 9.97. The molecule has 0 aromatic heterocycles. The van der Waals surface area contributed by atoms with Gasteiger partial charge in [0.25, 0.3) is 0 Å². The maximum atomic E-state index is 2.28. The highest BCUT2D eigenvalue weighted by molar-refractivity contribution is 5.89. The fourth-order valence-electron chi connectivity index (χ4n) is 3.74. The predicted octanol–water partition coefficient (Wildman–Crippen LogP) is 4.59. The van der Waals surface area contributed by atoms with Crippen molar-refractivity contribution in [3.05, 3.63) is 100 Å². The lowest BCUT2D eigenvalue weighted by molar-refractivity contribution is 1.06. The third-order valence-corrected chi connectivity index (χ3v) is 4.55. The molecule has 0 heteroatoms. The molecule has 0 fully saturated rings.